The zero-order valence-corrected chi connectivity index (χ0v) is 10.4. The first kappa shape index (κ1) is 16.0. The van der Waals surface area contributed by atoms with Gasteiger partial charge in [0.15, 0.2) is 0 Å². The third-order valence-electron chi connectivity index (χ3n) is 1.93. The highest BCUT2D eigenvalue weighted by molar-refractivity contribution is 7.46. The quantitative estimate of drug-likeness (QED) is 0.354. The molecule has 0 aliphatic heterocycles. The van der Waals surface area contributed by atoms with Crippen molar-refractivity contribution in [1.82, 2.24) is 4.90 Å². The fraction of sp³-hybridized carbons (Fsp3) is 1.00. The van der Waals surface area contributed by atoms with E-state index in [4.69, 9.17) is 20.3 Å². The van der Waals surface area contributed by atoms with Crippen molar-refractivity contribution in [2.75, 3.05) is 46.0 Å². The molecule has 0 aliphatic carbocycles. The lowest BCUT2D eigenvalue weighted by molar-refractivity contribution is 0.100. The molecule has 8 heteroatoms. The van der Waals surface area contributed by atoms with Crippen molar-refractivity contribution in [3.05, 3.63) is 0 Å². The van der Waals surface area contributed by atoms with Crippen LogP contribution in [0.1, 0.15) is 6.92 Å². The summed E-state index contributed by atoms with van der Waals surface area (Å²) in [5, 5.41) is 0. The first-order chi connectivity index (χ1) is 7.49. The number of nitrogens with zero attached hydrogens (tertiary/aromatic N) is 1. The van der Waals surface area contributed by atoms with Gasteiger partial charge in [-0.2, -0.15) is 0 Å². The molecule has 0 rings (SSSR count). The smallest absolute Gasteiger partial charge is 0.379 e. The van der Waals surface area contributed by atoms with Crippen LogP contribution in [0, 0.1) is 0 Å². The molecule has 4 N–H and O–H groups in total. The van der Waals surface area contributed by atoms with E-state index in [1.54, 1.807) is 0 Å². The predicted octanol–water partition coefficient (Wildman–Crippen LogP) is -0.607. The number of rotatable bonds is 10. The van der Waals surface area contributed by atoms with E-state index in [9.17, 15) is 4.57 Å². The summed E-state index contributed by atoms with van der Waals surface area (Å²) >= 11 is 0. The summed E-state index contributed by atoms with van der Waals surface area (Å²) in [4.78, 5) is 18.9. The van der Waals surface area contributed by atoms with E-state index < -0.39 is 7.82 Å². The highest BCUT2D eigenvalue weighted by Crippen LogP contribution is 2.35. The van der Waals surface area contributed by atoms with Gasteiger partial charge in [-0.25, -0.2) is 4.57 Å². The molecule has 0 heterocycles. The molecular formula is C8H21N2O5P. The van der Waals surface area contributed by atoms with Crippen molar-refractivity contribution in [2.45, 2.75) is 6.92 Å². The molecule has 0 saturated heterocycles. The number of hydrogen-bond donors (Lipinski definition) is 3. The van der Waals surface area contributed by atoms with Crippen LogP contribution in [0.15, 0.2) is 0 Å². The van der Waals surface area contributed by atoms with Gasteiger partial charge in [0.25, 0.3) is 0 Å². The third kappa shape index (κ3) is 10.5. The summed E-state index contributed by atoms with van der Waals surface area (Å²) in [7, 11) is -4.34. The van der Waals surface area contributed by atoms with Gasteiger partial charge >= 0.3 is 7.82 Å². The van der Waals surface area contributed by atoms with Gasteiger partial charge in [0.1, 0.15) is 0 Å². The maximum atomic E-state index is 10.4. The number of hydrogen-bond acceptors (Lipinski definition) is 5. The van der Waals surface area contributed by atoms with Crippen molar-refractivity contribution in [2.24, 2.45) is 5.73 Å². The van der Waals surface area contributed by atoms with Crippen LogP contribution < -0.4 is 5.73 Å². The van der Waals surface area contributed by atoms with Crippen LogP contribution in [0.25, 0.3) is 0 Å². The van der Waals surface area contributed by atoms with Gasteiger partial charge < -0.3 is 20.3 Å². The summed E-state index contributed by atoms with van der Waals surface area (Å²) < 4.78 is 20.0. The van der Waals surface area contributed by atoms with Crippen molar-refractivity contribution < 1.29 is 23.6 Å². The topological polar surface area (TPSA) is 105 Å². The van der Waals surface area contributed by atoms with Crippen molar-refractivity contribution in [3.8, 4) is 0 Å². The maximum absolute atomic E-state index is 10.4. The molecule has 0 unspecified atom stereocenters. The molecule has 0 fully saturated rings. The highest BCUT2D eigenvalue weighted by atomic mass is 31.2. The number of ether oxygens (including phenoxy) is 1. The molecule has 0 aliphatic rings. The Morgan fingerprint density at radius 2 is 1.88 bits per heavy atom. The van der Waals surface area contributed by atoms with Gasteiger partial charge in [-0.1, -0.05) is 6.92 Å². The molecule has 0 aromatic rings. The zero-order chi connectivity index (χ0) is 12.4. The van der Waals surface area contributed by atoms with Crippen LogP contribution in [0.3, 0.4) is 0 Å². The van der Waals surface area contributed by atoms with Crippen LogP contribution in [0.2, 0.25) is 0 Å². The van der Waals surface area contributed by atoms with Crippen LogP contribution in [-0.4, -0.2) is 60.7 Å². The minimum Gasteiger partial charge on any atom is -0.379 e. The first-order valence-corrected chi connectivity index (χ1v) is 6.73. The maximum Gasteiger partial charge on any atom is 0.469 e. The summed E-state index contributed by atoms with van der Waals surface area (Å²) in [5.41, 5.74) is 5.26. The van der Waals surface area contributed by atoms with E-state index >= 15 is 0 Å². The molecule has 0 radical (unpaired) electrons. The molecule has 0 atom stereocenters. The minimum absolute atomic E-state index is 0.00894. The van der Waals surface area contributed by atoms with Crippen LogP contribution in [0.4, 0.5) is 0 Å². The largest absolute Gasteiger partial charge is 0.469 e. The van der Waals surface area contributed by atoms with E-state index in [0.29, 0.717) is 32.8 Å². The Bertz CT molecular complexity index is 211. The molecule has 98 valence electrons. The van der Waals surface area contributed by atoms with E-state index in [1.165, 1.54) is 0 Å². The molecule has 0 bridgehead atoms. The van der Waals surface area contributed by atoms with Crippen molar-refractivity contribution in [1.29, 1.82) is 0 Å². The second-order valence-electron chi connectivity index (χ2n) is 3.16. The summed E-state index contributed by atoms with van der Waals surface area (Å²) in [6.45, 7) is 5.48. The lowest BCUT2D eigenvalue weighted by atomic mass is 10.5. The van der Waals surface area contributed by atoms with E-state index in [0.717, 1.165) is 6.54 Å². The summed E-state index contributed by atoms with van der Waals surface area (Å²) in [6, 6.07) is 0. The Morgan fingerprint density at radius 1 is 1.25 bits per heavy atom. The Kier molecular flexibility index (Phi) is 9.06. The lowest BCUT2D eigenvalue weighted by Crippen LogP contribution is -2.31. The average molecular weight is 256 g/mol. The van der Waals surface area contributed by atoms with Gasteiger partial charge in [-0.15, -0.1) is 0 Å². The lowest BCUT2D eigenvalue weighted by Gasteiger charge is -2.20. The average Bonchev–Trinajstić information content (AvgIpc) is 2.20. The monoisotopic (exact) mass is 256 g/mol. The van der Waals surface area contributed by atoms with Crippen LogP contribution >= 0.6 is 7.82 Å². The van der Waals surface area contributed by atoms with Gasteiger partial charge in [-0.05, 0) is 6.54 Å². The standard InChI is InChI=1S/C8H21N2O5P/c1-2-10(4-7-14-6-3-9)5-8-15-16(11,12)13/h2-9H2,1H3,(H2,11,12,13). The highest BCUT2D eigenvalue weighted by Gasteiger charge is 2.13. The fourth-order valence-electron chi connectivity index (χ4n) is 1.10. The minimum atomic E-state index is -4.34. The molecule has 0 saturated carbocycles. The van der Waals surface area contributed by atoms with Gasteiger partial charge in [0.05, 0.1) is 19.8 Å². The number of likely N-dealkylation sites (N-methyl/N-ethyl adjacent to an activating group) is 1. The number of nitrogens with two attached hydrogens (primary N) is 1. The predicted molar refractivity (Wildman–Crippen MR) is 60.0 cm³/mol. The van der Waals surface area contributed by atoms with E-state index in [-0.39, 0.29) is 6.61 Å². The Labute approximate surface area is 95.8 Å². The fourth-order valence-corrected chi connectivity index (χ4v) is 1.42. The SMILES string of the molecule is CCN(CCOCCN)CCOP(=O)(O)O. The number of phosphoric acid groups is 1. The first-order valence-electron chi connectivity index (χ1n) is 5.20. The van der Waals surface area contributed by atoms with E-state index in [1.807, 2.05) is 11.8 Å². The van der Waals surface area contributed by atoms with Crippen LogP contribution in [-0.2, 0) is 13.8 Å². The van der Waals surface area contributed by atoms with Gasteiger partial charge in [-0.3, -0.25) is 9.42 Å². The zero-order valence-electron chi connectivity index (χ0n) is 9.54. The third-order valence-corrected chi connectivity index (χ3v) is 2.45. The van der Waals surface area contributed by atoms with E-state index in [2.05, 4.69) is 4.52 Å². The molecule has 16 heavy (non-hydrogen) atoms. The number of phosphoric ester groups is 1. The van der Waals surface area contributed by atoms with Crippen molar-refractivity contribution in [3.63, 3.8) is 0 Å². The van der Waals surface area contributed by atoms with Crippen LogP contribution in [0.5, 0.6) is 0 Å². The van der Waals surface area contributed by atoms with Gasteiger partial charge in [0, 0.05) is 19.6 Å². The molecule has 0 spiro atoms. The normalized spacial score (nSPS) is 12.3. The Hall–Kier alpha value is -0.0100. The van der Waals surface area contributed by atoms with Crippen molar-refractivity contribution >= 4 is 7.82 Å². The summed E-state index contributed by atoms with van der Waals surface area (Å²) in [5.74, 6) is 0. The molecule has 0 aromatic carbocycles. The van der Waals surface area contributed by atoms with Gasteiger partial charge in [0.2, 0.25) is 0 Å². The molecule has 0 amide bonds. The second-order valence-corrected chi connectivity index (χ2v) is 4.40. The molecule has 7 nitrogen and oxygen atoms in total. The second kappa shape index (κ2) is 9.07. The summed E-state index contributed by atoms with van der Waals surface area (Å²) in [6.07, 6.45) is 0. The Morgan fingerprint density at radius 3 is 2.38 bits per heavy atom. The molecular weight excluding hydrogens is 235 g/mol. The Balaban J connectivity index is 3.55. The molecule has 0 aromatic heterocycles.